The number of nitrogens with zero attached hydrogens (tertiary/aromatic N) is 1. The van der Waals surface area contributed by atoms with Crippen LogP contribution in [0.4, 0.5) is 14.5 Å². The molecule has 1 aliphatic rings. The fourth-order valence-electron chi connectivity index (χ4n) is 3.75. The van der Waals surface area contributed by atoms with Gasteiger partial charge >= 0.3 is 0 Å². The number of benzene rings is 2. The first kappa shape index (κ1) is 15.1. The molecule has 2 aromatic carbocycles. The number of anilines is 1. The molecule has 0 saturated heterocycles. The monoisotopic (exact) mass is 347 g/mol. The van der Waals surface area contributed by atoms with Crippen LogP contribution in [0.25, 0.3) is 22.2 Å². The molecular formula is C21H15F2N3. The lowest BCUT2D eigenvalue weighted by Gasteiger charge is -2.19. The molecule has 0 aliphatic carbocycles. The summed E-state index contributed by atoms with van der Waals surface area (Å²) >= 11 is 0. The van der Waals surface area contributed by atoms with Crippen molar-refractivity contribution in [2.24, 2.45) is 0 Å². The number of halogens is 2. The van der Waals surface area contributed by atoms with Gasteiger partial charge in [0.15, 0.2) is 11.6 Å². The number of rotatable bonds is 2. The largest absolute Gasteiger partial charge is 0.377 e. The minimum absolute atomic E-state index is 0.0831. The van der Waals surface area contributed by atoms with E-state index in [0.717, 1.165) is 39.0 Å². The average Bonchev–Trinajstić information content (AvgIpc) is 3.03. The molecule has 128 valence electrons. The van der Waals surface area contributed by atoms with Crippen molar-refractivity contribution in [2.75, 3.05) is 5.32 Å². The van der Waals surface area contributed by atoms with Gasteiger partial charge < -0.3 is 10.3 Å². The number of fused-ring (bicyclic) bond motifs is 2. The summed E-state index contributed by atoms with van der Waals surface area (Å²) in [6.45, 7) is 0. The van der Waals surface area contributed by atoms with Crippen LogP contribution in [0.3, 0.4) is 0 Å². The molecule has 0 amide bonds. The zero-order chi connectivity index (χ0) is 17.7. The van der Waals surface area contributed by atoms with Crippen molar-refractivity contribution in [3.63, 3.8) is 0 Å². The first-order chi connectivity index (χ1) is 12.7. The van der Waals surface area contributed by atoms with Gasteiger partial charge in [-0.2, -0.15) is 0 Å². The van der Waals surface area contributed by atoms with Crippen LogP contribution < -0.4 is 5.32 Å². The zero-order valence-corrected chi connectivity index (χ0v) is 13.8. The van der Waals surface area contributed by atoms with Gasteiger partial charge in [-0.1, -0.05) is 24.3 Å². The Bertz CT molecular complexity index is 1130. The molecular weight excluding hydrogens is 332 g/mol. The summed E-state index contributed by atoms with van der Waals surface area (Å²) in [6, 6.07) is 14.1. The number of hydrogen-bond donors (Lipinski definition) is 2. The summed E-state index contributed by atoms with van der Waals surface area (Å²) in [6.07, 6.45) is 4.28. The van der Waals surface area contributed by atoms with E-state index in [0.29, 0.717) is 6.42 Å². The maximum absolute atomic E-state index is 13.6. The Morgan fingerprint density at radius 3 is 2.73 bits per heavy atom. The smallest absolute Gasteiger partial charge is 0.159 e. The van der Waals surface area contributed by atoms with Crippen LogP contribution in [0.2, 0.25) is 0 Å². The van der Waals surface area contributed by atoms with E-state index in [9.17, 15) is 8.78 Å². The predicted molar refractivity (Wildman–Crippen MR) is 98.0 cm³/mol. The molecule has 1 unspecified atom stereocenters. The van der Waals surface area contributed by atoms with Crippen molar-refractivity contribution in [1.82, 2.24) is 9.97 Å². The summed E-state index contributed by atoms with van der Waals surface area (Å²) in [5, 5.41) is 4.64. The fourth-order valence-corrected chi connectivity index (χ4v) is 3.75. The molecule has 3 nitrogen and oxygen atoms in total. The molecule has 2 aromatic heterocycles. The van der Waals surface area contributed by atoms with Crippen LogP contribution in [-0.2, 0) is 6.42 Å². The van der Waals surface area contributed by atoms with Crippen LogP contribution in [0.1, 0.15) is 17.2 Å². The summed E-state index contributed by atoms with van der Waals surface area (Å²) in [5.41, 5.74) is 5.87. The van der Waals surface area contributed by atoms with Gasteiger partial charge in [-0.05, 0) is 41.8 Å². The second-order valence-electron chi connectivity index (χ2n) is 6.52. The van der Waals surface area contributed by atoms with Gasteiger partial charge in [0.2, 0.25) is 0 Å². The normalized spacial score (nSPS) is 15.4. The van der Waals surface area contributed by atoms with Crippen molar-refractivity contribution < 1.29 is 8.78 Å². The Hall–Kier alpha value is -3.21. The molecule has 4 aromatic rings. The average molecular weight is 347 g/mol. The Balaban J connectivity index is 1.68. The predicted octanol–water partition coefficient (Wildman–Crippen LogP) is 5.22. The molecule has 0 saturated carbocycles. The van der Waals surface area contributed by atoms with Crippen LogP contribution >= 0.6 is 0 Å². The molecule has 1 aliphatic heterocycles. The number of nitrogens with one attached hydrogen (secondary N) is 2. The van der Waals surface area contributed by atoms with Crippen LogP contribution in [0.15, 0.2) is 60.9 Å². The number of aromatic nitrogens is 2. The topological polar surface area (TPSA) is 40.7 Å². The second kappa shape index (κ2) is 5.66. The standard InChI is InChI=1S/C21H15F2N3/c22-16-6-5-12(9-17(16)23)10-19-15-11-25-21-20(15)14(7-8-24-21)13-3-1-2-4-18(13)26-19/h1-9,11,19,26H,10H2,(H,24,25). The Morgan fingerprint density at radius 2 is 1.85 bits per heavy atom. The zero-order valence-electron chi connectivity index (χ0n) is 13.8. The summed E-state index contributed by atoms with van der Waals surface area (Å²) < 4.78 is 26.9. The SMILES string of the molecule is Fc1ccc(CC2Nc3ccccc3-c3ccnc4[nH]cc2c34)cc1F. The van der Waals surface area contributed by atoms with Crippen LogP contribution in [0.5, 0.6) is 0 Å². The highest BCUT2D eigenvalue weighted by Crippen LogP contribution is 2.42. The van der Waals surface area contributed by atoms with Gasteiger partial charge in [0.25, 0.3) is 0 Å². The van der Waals surface area contributed by atoms with E-state index >= 15 is 0 Å². The lowest BCUT2D eigenvalue weighted by Crippen LogP contribution is -2.13. The van der Waals surface area contributed by atoms with Crippen molar-refractivity contribution in [3.8, 4) is 11.1 Å². The van der Waals surface area contributed by atoms with E-state index < -0.39 is 11.6 Å². The van der Waals surface area contributed by atoms with E-state index in [1.807, 2.05) is 30.5 Å². The van der Waals surface area contributed by atoms with Gasteiger partial charge in [-0.25, -0.2) is 13.8 Å². The van der Waals surface area contributed by atoms with Crippen molar-refractivity contribution in [3.05, 3.63) is 83.7 Å². The number of aromatic amines is 1. The number of pyridine rings is 1. The lowest BCUT2D eigenvalue weighted by molar-refractivity contribution is 0.506. The highest BCUT2D eigenvalue weighted by atomic mass is 19.2. The van der Waals surface area contributed by atoms with Crippen molar-refractivity contribution in [2.45, 2.75) is 12.5 Å². The minimum atomic E-state index is -0.827. The molecule has 0 radical (unpaired) electrons. The van der Waals surface area contributed by atoms with E-state index in [4.69, 9.17) is 0 Å². The third-order valence-electron chi connectivity index (χ3n) is 4.95. The van der Waals surface area contributed by atoms with E-state index in [-0.39, 0.29) is 6.04 Å². The lowest BCUT2D eigenvalue weighted by atomic mass is 9.97. The minimum Gasteiger partial charge on any atom is -0.377 e. The molecule has 0 spiro atoms. The first-order valence-corrected chi connectivity index (χ1v) is 8.46. The number of H-pyrrole nitrogens is 1. The molecule has 5 heteroatoms. The van der Waals surface area contributed by atoms with Gasteiger partial charge in [0, 0.05) is 34.6 Å². The molecule has 26 heavy (non-hydrogen) atoms. The third-order valence-corrected chi connectivity index (χ3v) is 4.95. The first-order valence-electron chi connectivity index (χ1n) is 8.46. The summed E-state index contributed by atoms with van der Waals surface area (Å²) in [7, 11) is 0. The third kappa shape index (κ3) is 2.28. The van der Waals surface area contributed by atoms with E-state index in [1.165, 1.54) is 12.1 Å². The number of para-hydroxylation sites is 1. The van der Waals surface area contributed by atoms with Crippen LogP contribution in [-0.4, -0.2) is 9.97 Å². The van der Waals surface area contributed by atoms with Gasteiger partial charge in [-0.3, -0.25) is 0 Å². The highest BCUT2D eigenvalue weighted by Gasteiger charge is 2.25. The van der Waals surface area contributed by atoms with Gasteiger partial charge in [0.1, 0.15) is 5.65 Å². The maximum Gasteiger partial charge on any atom is 0.159 e. The Morgan fingerprint density at radius 1 is 0.962 bits per heavy atom. The quantitative estimate of drug-likeness (QED) is 0.522. The summed E-state index contributed by atoms with van der Waals surface area (Å²) in [5.74, 6) is -1.65. The van der Waals surface area contributed by atoms with Crippen molar-refractivity contribution in [1.29, 1.82) is 0 Å². The molecule has 0 fully saturated rings. The second-order valence-corrected chi connectivity index (χ2v) is 6.52. The highest BCUT2D eigenvalue weighted by molar-refractivity contribution is 6.00. The Kier molecular flexibility index (Phi) is 3.28. The molecule has 5 rings (SSSR count). The van der Waals surface area contributed by atoms with Crippen LogP contribution in [0, 0.1) is 11.6 Å². The van der Waals surface area contributed by atoms with Gasteiger partial charge in [0.05, 0.1) is 6.04 Å². The number of hydrogen-bond acceptors (Lipinski definition) is 2. The molecule has 2 N–H and O–H groups in total. The molecule has 3 heterocycles. The van der Waals surface area contributed by atoms with E-state index in [1.54, 1.807) is 12.3 Å². The molecule has 1 atom stereocenters. The van der Waals surface area contributed by atoms with Crippen molar-refractivity contribution >= 4 is 16.7 Å². The van der Waals surface area contributed by atoms with E-state index in [2.05, 4.69) is 21.4 Å². The Labute approximate surface area is 148 Å². The maximum atomic E-state index is 13.6. The fraction of sp³-hybridized carbons (Fsp3) is 0.0952. The summed E-state index contributed by atoms with van der Waals surface area (Å²) in [4.78, 5) is 7.66. The van der Waals surface area contributed by atoms with Gasteiger partial charge in [-0.15, -0.1) is 0 Å². The molecule has 0 bridgehead atoms.